The highest BCUT2D eigenvalue weighted by molar-refractivity contribution is 6.11. The second-order valence-corrected chi connectivity index (χ2v) is 15.3. The Bertz CT molecular complexity index is 3300. The molecular weight excluding hydrogens is 725 g/mol. The fourth-order valence-electron chi connectivity index (χ4n) is 9.02. The summed E-state index contributed by atoms with van der Waals surface area (Å²) in [5, 5.41) is 4.93. The molecule has 0 radical (unpaired) electrons. The number of aromatic nitrogens is 1. The van der Waals surface area contributed by atoms with E-state index in [9.17, 15) is 0 Å². The number of para-hydroxylation sites is 2. The molecular formula is C58H40N2. The summed E-state index contributed by atoms with van der Waals surface area (Å²) >= 11 is 0. The first-order chi connectivity index (χ1) is 29.8. The van der Waals surface area contributed by atoms with Crippen LogP contribution in [0.2, 0.25) is 0 Å². The van der Waals surface area contributed by atoms with E-state index in [0.717, 1.165) is 33.8 Å². The lowest BCUT2D eigenvalue weighted by Gasteiger charge is -2.28. The second-order valence-electron chi connectivity index (χ2n) is 15.3. The van der Waals surface area contributed by atoms with Crippen molar-refractivity contribution in [1.29, 1.82) is 0 Å². The van der Waals surface area contributed by atoms with Crippen LogP contribution in [0.4, 0.5) is 17.1 Å². The van der Waals surface area contributed by atoms with Crippen molar-refractivity contribution in [3.05, 3.63) is 243 Å². The average molecular weight is 765 g/mol. The van der Waals surface area contributed by atoms with Gasteiger partial charge in [0.2, 0.25) is 0 Å². The molecule has 0 saturated carbocycles. The molecule has 0 aliphatic carbocycles. The molecule has 2 heteroatoms. The third kappa shape index (κ3) is 6.23. The van der Waals surface area contributed by atoms with Gasteiger partial charge in [-0.15, -0.1) is 0 Å². The SMILES string of the molecule is c1ccc(-c2ccccc2-c2cccc(-n3c4ccccc4c4ccc(N(c5ccccc5)c5ccc(-c6cccc7ccccc67)cc5-c5ccccc5)cc43)c2)cc1. The van der Waals surface area contributed by atoms with Crippen LogP contribution in [0.15, 0.2) is 243 Å². The van der Waals surface area contributed by atoms with Gasteiger partial charge in [-0.1, -0.05) is 188 Å². The number of nitrogens with zero attached hydrogens (tertiary/aromatic N) is 2. The smallest absolute Gasteiger partial charge is 0.0561 e. The zero-order valence-corrected chi connectivity index (χ0v) is 33.0. The summed E-state index contributed by atoms with van der Waals surface area (Å²) in [4.78, 5) is 2.42. The summed E-state index contributed by atoms with van der Waals surface area (Å²) in [5.41, 5.74) is 16.3. The molecule has 0 amide bonds. The van der Waals surface area contributed by atoms with Gasteiger partial charge in [-0.2, -0.15) is 0 Å². The summed E-state index contributed by atoms with van der Waals surface area (Å²) in [6.45, 7) is 0. The molecule has 1 heterocycles. The third-order valence-electron chi connectivity index (χ3n) is 11.8. The van der Waals surface area contributed by atoms with Gasteiger partial charge in [-0.05, 0) is 104 Å². The van der Waals surface area contributed by atoms with E-state index in [-0.39, 0.29) is 0 Å². The molecule has 0 aliphatic rings. The molecule has 282 valence electrons. The zero-order chi connectivity index (χ0) is 39.8. The van der Waals surface area contributed by atoms with Gasteiger partial charge >= 0.3 is 0 Å². The van der Waals surface area contributed by atoms with Crippen molar-refractivity contribution in [3.8, 4) is 50.2 Å². The van der Waals surface area contributed by atoms with E-state index in [1.807, 2.05) is 0 Å². The monoisotopic (exact) mass is 764 g/mol. The Morgan fingerprint density at radius 2 is 0.833 bits per heavy atom. The maximum absolute atomic E-state index is 2.44. The first-order valence-corrected chi connectivity index (χ1v) is 20.6. The molecule has 0 aliphatic heterocycles. The zero-order valence-electron chi connectivity index (χ0n) is 33.0. The molecule has 0 bridgehead atoms. The van der Waals surface area contributed by atoms with E-state index in [2.05, 4.69) is 252 Å². The van der Waals surface area contributed by atoms with Crippen molar-refractivity contribution in [2.24, 2.45) is 0 Å². The minimum Gasteiger partial charge on any atom is -0.310 e. The number of anilines is 3. The highest BCUT2D eigenvalue weighted by Crippen LogP contribution is 2.45. The Hall–Kier alpha value is -7.94. The number of hydrogen-bond acceptors (Lipinski definition) is 1. The number of benzene rings is 10. The van der Waals surface area contributed by atoms with Crippen molar-refractivity contribution in [2.75, 3.05) is 4.90 Å². The quantitative estimate of drug-likeness (QED) is 0.150. The van der Waals surface area contributed by atoms with Crippen LogP contribution >= 0.6 is 0 Å². The first-order valence-electron chi connectivity index (χ1n) is 20.6. The Kier molecular flexibility index (Phi) is 8.87. The Balaban J connectivity index is 1.12. The molecule has 2 nitrogen and oxygen atoms in total. The molecule has 11 aromatic rings. The van der Waals surface area contributed by atoms with E-state index >= 15 is 0 Å². The fraction of sp³-hybridized carbons (Fsp3) is 0. The van der Waals surface area contributed by atoms with Crippen LogP contribution in [-0.2, 0) is 0 Å². The van der Waals surface area contributed by atoms with Crippen molar-refractivity contribution < 1.29 is 0 Å². The van der Waals surface area contributed by atoms with Crippen molar-refractivity contribution in [1.82, 2.24) is 4.57 Å². The van der Waals surface area contributed by atoms with E-state index in [1.54, 1.807) is 0 Å². The summed E-state index contributed by atoms with van der Waals surface area (Å²) in [6.07, 6.45) is 0. The van der Waals surface area contributed by atoms with Crippen molar-refractivity contribution >= 4 is 49.6 Å². The Labute approximate surface area is 350 Å². The molecule has 1 aromatic heterocycles. The van der Waals surface area contributed by atoms with E-state index in [1.165, 1.54) is 66.0 Å². The summed E-state index contributed by atoms with van der Waals surface area (Å²) < 4.78 is 2.44. The standard InChI is InChI=1S/C58H40N2/c1-4-18-41(19-5-1)49-29-12-13-30-51(49)44-24-16-27-47(38-44)60-56-33-15-14-31-53(56)54-36-35-48(40-58(54)60)59(46-25-8-3-9-26-46)57-37-34-45(39-55(57)43-20-6-2-7-21-43)52-32-17-23-42-22-10-11-28-50(42)52/h1-40H. The van der Waals surface area contributed by atoms with E-state index in [0.29, 0.717) is 0 Å². The van der Waals surface area contributed by atoms with Crippen LogP contribution in [0.3, 0.4) is 0 Å². The third-order valence-corrected chi connectivity index (χ3v) is 11.8. The highest BCUT2D eigenvalue weighted by Gasteiger charge is 2.21. The predicted octanol–water partition coefficient (Wildman–Crippen LogP) is 16.1. The molecule has 0 N–H and O–H groups in total. The van der Waals surface area contributed by atoms with Gasteiger partial charge in [-0.25, -0.2) is 0 Å². The number of rotatable bonds is 8. The molecule has 60 heavy (non-hydrogen) atoms. The van der Waals surface area contributed by atoms with Gasteiger partial charge in [0, 0.05) is 33.4 Å². The Morgan fingerprint density at radius 3 is 1.62 bits per heavy atom. The maximum Gasteiger partial charge on any atom is 0.0561 e. The summed E-state index contributed by atoms with van der Waals surface area (Å²) in [6, 6.07) is 87.9. The van der Waals surface area contributed by atoms with E-state index < -0.39 is 0 Å². The van der Waals surface area contributed by atoms with Crippen LogP contribution in [0.1, 0.15) is 0 Å². The molecule has 0 fully saturated rings. The molecule has 0 atom stereocenters. The van der Waals surface area contributed by atoms with Crippen molar-refractivity contribution in [3.63, 3.8) is 0 Å². The largest absolute Gasteiger partial charge is 0.310 e. The van der Waals surface area contributed by atoms with Crippen LogP contribution < -0.4 is 4.90 Å². The first kappa shape index (κ1) is 35.2. The van der Waals surface area contributed by atoms with Gasteiger partial charge in [0.25, 0.3) is 0 Å². The summed E-state index contributed by atoms with van der Waals surface area (Å²) in [7, 11) is 0. The van der Waals surface area contributed by atoms with Gasteiger partial charge in [0.05, 0.1) is 16.7 Å². The van der Waals surface area contributed by atoms with Gasteiger partial charge in [0.1, 0.15) is 0 Å². The minimum absolute atomic E-state index is 1.08. The average Bonchev–Trinajstić information content (AvgIpc) is 3.66. The molecule has 0 spiro atoms. The fourth-order valence-corrected chi connectivity index (χ4v) is 9.02. The Morgan fingerprint density at radius 1 is 0.283 bits per heavy atom. The van der Waals surface area contributed by atoms with Crippen LogP contribution in [0, 0.1) is 0 Å². The maximum atomic E-state index is 2.44. The molecule has 10 aromatic carbocycles. The predicted molar refractivity (Wildman–Crippen MR) is 255 cm³/mol. The normalized spacial score (nSPS) is 11.3. The van der Waals surface area contributed by atoms with Gasteiger partial charge < -0.3 is 9.47 Å². The van der Waals surface area contributed by atoms with Gasteiger partial charge in [-0.3, -0.25) is 0 Å². The second kappa shape index (κ2) is 15.1. The highest BCUT2D eigenvalue weighted by atomic mass is 15.1. The van der Waals surface area contributed by atoms with Gasteiger partial charge in [0.15, 0.2) is 0 Å². The molecule has 0 unspecified atom stereocenters. The number of fused-ring (bicyclic) bond motifs is 4. The van der Waals surface area contributed by atoms with E-state index in [4.69, 9.17) is 0 Å². The summed E-state index contributed by atoms with van der Waals surface area (Å²) in [5.74, 6) is 0. The van der Waals surface area contributed by atoms with Crippen LogP contribution in [0.25, 0.3) is 82.8 Å². The lowest BCUT2D eigenvalue weighted by atomic mass is 9.93. The van der Waals surface area contributed by atoms with Crippen LogP contribution in [-0.4, -0.2) is 4.57 Å². The lowest BCUT2D eigenvalue weighted by Crippen LogP contribution is -2.11. The van der Waals surface area contributed by atoms with Crippen LogP contribution in [0.5, 0.6) is 0 Å². The molecule has 0 saturated heterocycles. The lowest BCUT2D eigenvalue weighted by molar-refractivity contribution is 1.18. The minimum atomic E-state index is 1.08. The molecule has 11 rings (SSSR count). The topological polar surface area (TPSA) is 8.17 Å². The van der Waals surface area contributed by atoms with Crippen molar-refractivity contribution in [2.45, 2.75) is 0 Å². The number of hydrogen-bond donors (Lipinski definition) is 0.